The molecule has 0 bridgehead atoms. The maximum absolute atomic E-state index is 12.9. The quantitative estimate of drug-likeness (QED) is 0.568. The number of para-hydroxylation sites is 1. The second-order valence-electron chi connectivity index (χ2n) is 4.83. The van der Waals surface area contributed by atoms with E-state index in [1.165, 1.54) is 4.57 Å². The molecule has 7 heteroatoms. The zero-order chi connectivity index (χ0) is 15.3. The third-order valence-corrected chi connectivity index (χ3v) is 4.06. The monoisotopic (exact) mass is 355 g/mol. The topological polar surface area (TPSA) is 78.2 Å². The predicted molar refractivity (Wildman–Crippen MR) is 88.2 cm³/mol. The van der Waals surface area contributed by atoms with Crippen molar-refractivity contribution in [3.05, 3.63) is 63.4 Å². The maximum atomic E-state index is 12.9. The molecular formula is C15H10BrN5O. The summed E-state index contributed by atoms with van der Waals surface area (Å²) in [6.45, 7) is 0. The van der Waals surface area contributed by atoms with Crippen molar-refractivity contribution < 1.29 is 0 Å². The molecular weight excluding hydrogens is 346 g/mol. The molecule has 0 radical (unpaired) electrons. The summed E-state index contributed by atoms with van der Waals surface area (Å²) in [6, 6.07) is 14.7. The molecule has 2 aromatic carbocycles. The molecule has 2 aromatic heterocycles. The molecule has 0 unspecified atom stereocenters. The molecule has 4 aromatic rings. The van der Waals surface area contributed by atoms with Crippen molar-refractivity contribution in [3.8, 4) is 5.69 Å². The Hall–Kier alpha value is -2.67. The molecule has 4 rings (SSSR count). The first-order chi connectivity index (χ1) is 10.7. The van der Waals surface area contributed by atoms with Crippen LogP contribution in [0.15, 0.2) is 57.8 Å². The summed E-state index contributed by atoms with van der Waals surface area (Å²) in [4.78, 5) is 12.9. The van der Waals surface area contributed by atoms with E-state index in [-0.39, 0.29) is 11.5 Å². The van der Waals surface area contributed by atoms with E-state index in [4.69, 9.17) is 5.73 Å². The number of hydrogen-bond acceptors (Lipinski definition) is 4. The minimum atomic E-state index is -0.155. The van der Waals surface area contributed by atoms with Gasteiger partial charge in [0.1, 0.15) is 0 Å². The SMILES string of the molecule is Nc1nnc2n(-c3ccc(Br)cc3)c(=O)c3ccccc3n12. The van der Waals surface area contributed by atoms with Gasteiger partial charge in [-0.1, -0.05) is 28.1 Å². The van der Waals surface area contributed by atoms with Crippen LogP contribution >= 0.6 is 15.9 Å². The van der Waals surface area contributed by atoms with Crippen LogP contribution in [0.5, 0.6) is 0 Å². The van der Waals surface area contributed by atoms with Crippen molar-refractivity contribution in [1.29, 1.82) is 0 Å². The van der Waals surface area contributed by atoms with Crippen LogP contribution in [0.25, 0.3) is 22.4 Å². The Morgan fingerprint density at radius 1 is 1.00 bits per heavy atom. The van der Waals surface area contributed by atoms with Gasteiger partial charge >= 0.3 is 0 Å². The van der Waals surface area contributed by atoms with Gasteiger partial charge in [0.25, 0.3) is 5.56 Å². The lowest BCUT2D eigenvalue weighted by Crippen LogP contribution is -2.21. The van der Waals surface area contributed by atoms with Crippen LogP contribution in [0, 0.1) is 0 Å². The van der Waals surface area contributed by atoms with E-state index in [1.54, 1.807) is 10.5 Å². The van der Waals surface area contributed by atoms with Crippen molar-refractivity contribution in [2.24, 2.45) is 0 Å². The Morgan fingerprint density at radius 3 is 2.50 bits per heavy atom. The van der Waals surface area contributed by atoms with Gasteiger partial charge in [-0.3, -0.25) is 4.79 Å². The Morgan fingerprint density at radius 2 is 1.73 bits per heavy atom. The number of anilines is 1. The Bertz CT molecular complexity index is 1070. The smallest absolute Gasteiger partial charge is 0.267 e. The number of nitrogen functional groups attached to an aromatic ring is 1. The summed E-state index contributed by atoms with van der Waals surface area (Å²) in [5, 5.41) is 8.54. The summed E-state index contributed by atoms with van der Waals surface area (Å²) >= 11 is 3.39. The van der Waals surface area contributed by atoms with E-state index in [2.05, 4.69) is 26.1 Å². The van der Waals surface area contributed by atoms with Crippen LogP contribution in [-0.2, 0) is 0 Å². The van der Waals surface area contributed by atoms with E-state index in [1.807, 2.05) is 42.5 Å². The number of hydrogen-bond donors (Lipinski definition) is 1. The van der Waals surface area contributed by atoms with Crippen molar-refractivity contribution in [2.45, 2.75) is 0 Å². The number of benzene rings is 2. The van der Waals surface area contributed by atoms with Crippen molar-refractivity contribution in [1.82, 2.24) is 19.2 Å². The lowest BCUT2D eigenvalue weighted by atomic mass is 10.2. The third-order valence-electron chi connectivity index (χ3n) is 3.53. The van der Waals surface area contributed by atoms with E-state index >= 15 is 0 Å². The van der Waals surface area contributed by atoms with Crippen LogP contribution in [0.2, 0.25) is 0 Å². The van der Waals surface area contributed by atoms with E-state index in [0.29, 0.717) is 22.4 Å². The molecule has 108 valence electrons. The fourth-order valence-corrected chi connectivity index (χ4v) is 2.81. The summed E-state index contributed by atoms with van der Waals surface area (Å²) in [5.74, 6) is 0.639. The van der Waals surface area contributed by atoms with Crippen molar-refractivity contribution in [2.75, 3.05) is 5.73 Å². The second kappa shape index (κ2) is 4.67. The third kappa shape index (κ3) is 1.75. The Labute approximate surface area is 132 Å². The summed E-state index contributed by atoms with van der Waals surface area (Å²) in [6.07, 6.45) is 0. The van der Waals surface area contributed by atoms with Gasteiger partial charge in [0.15, 0.2) is 0 Å². The number of nitrogens with zero attached hydrogens (tertiary/aromatic N) is 4. The average Bonchev–Trinajstić information content (AvgIpc) is 2.91. The highest BCUT2D eigenvalue weighted by Gasteiger charge is 2.15. The lowest BCUT2D eigenvalue weighted by Gasteiger charge is -2.10. The summed E-state index contributed by atoms with van der Waals surface area (Å²) in [7, 11) is 0. The van der Waals surface area contributed by atoms with Crippen LogP contribution in [0.1, 0.15) is 0 Å². The molecule has 6 nitrogen and oxygen atoms in total. The van der Waals surface area contributed by atoms with Crippen LogP contribution in [0.3, 0.4) is 0 Å². The molecule has 0 aliphatic rings. The average molecular weight is 356 g/mol. The Kier molecular flexibility index (Phi) is 2.77. The molecule has 0 aliphatic heterocycles. The first-order valence-electron chi connectivity index (χ1n) is 6.57. The van der Waals surface area contributed by atoms with Gasteiger partial charge in [-0.05, 0) is 36.4 Å². The minimum Gasteiger partial charge on any atom is -0.368 e. The van der Waals surface area contributed by atoms with Crippen LogP contribution in [0.4, 0.5) is 5.95 Å². The van der Waals surface area contributed by atoms with Gasteiger partial charge < -0.3 is 5.73 Å². The van der Waals surface area contributed by atoms with Gasteiger partial charge in [-0.2, -0.15) is 0 Å². The molecule has 0 spiro atoms. The Balaban J connectivity index is 2.24. The second-order valence-corrected chi connectivity index (χ2v) is 5.74. The molecule has 0 aliphatic carbocycles. The zero-order valence-electron chi connectivity index (χ0n) is 11.3. The van der Waals surface area contributed by atoms with Crippen LogP contribution < -0.4 is 11.3 Å². The largest absolute Gasteiger partial charge is 0.368 e. The van der Waals surface area contributed by atoms with Gasteiger partial charge in [0, 0.05) is 4.47 Å². The van der Waals surface area contributed by atoms with Gasteiger partial charge in [-0.15, -0.1) is 10.2 Å². The van der Waals surface area contributed by atoms with E-state index in [0.717, 1.165) is 4.47 Å². The fraction of sp³-hybridized carbons (Fsp3) is 0. The first kappa shape index (κ1) is 13.0. The highest BCUT2D eigenvalue weighted by Crippen LogP contribution is 2.19. The molecule has 2 N–H and O–H groups in total. The predicted octanol–water partition coefficient (Wildman–Crippen LogP) is 2.38. The standard InChI is InChI=1S/C15H10BrN5O/c16-9-5-7-10(8-6-9)20-13(22)11-3-1-2-4-12(11)21-14(17)18-19-15(20)21/h1-8H,(H2,17,18). The molecule has 22 heavy (non-hydrogen) atoms. The highest BCUT2D eigenvalue weighted by molar-refractivity contribution is 9.10. The fourth-order valence-electron chi connectivity index (χ4n) is 2.55. The van der Waals surface area contributed by atoms with Crippen molar-refractivity contribution >= 4 is 38.6 Å². The number of fused-ring (bicyclic) bond motifs is 3. The molecule has 0 saturated carbocycles. The number of aromatic nitrogens is 4. The van der Waals surface area contributed by atoms with Gasteiger partial charge in [-0.25, -0.2) is 8.97 Å². The summed E-state index contributed by atoms with van der Waals surface area (Å²) in [5.41, 5.74) is 7.17. The summed E-state index contributed by atoms with van der Waals surface area (Å²) < 4.78 is 4.12. The molecule has 0 atom stereocenters. The normalized spacial score (nSPS) is 11.3. The minimum absolute atomic E-state index is 0.155. The molecule has 0 amide bonds. The first-order valence-corrected chi connectivity index (χ1v) is 7.36. The molecule has 2 heterocycles. The lowest BCUT2D eigenvalue weighted by molar-refractivity contribution is 0.966. The number of rotatable bonds is 1. The van der Waals surface area contributed by atoms with Crippen molar-refractivity contribution in [3.63, 3.8) is 0 Å². The van der Waals surface area contributed by atoms with E-state index in [9.17, 15) is 4.79 Å². The van der Waals surface area contributed by atoms with Crippen LogP contribution in [-0.4, -0.2) is 19.2 Å². The highest BCUT2D eigenvalue weighted by atomic mass is 79.9. The van der Waals surface area contributed by atoms with E-state index < -0.39 is 0 Å². The number of nitrogens with two attached hydrogens (primary N) is 1. The van der Waals surface area contributed by atoms with Gasteiger partial charge in [0.05, 0.1) is 16.6 Å². The maximum Gasteiger partial charge on any atom is 0.267 e. The molecule has 0 fully saturated rings. The molecule has 0 saturated heterocycles. The van der Waals surface area contributed by atoms with Gasteiger partial charge in [0.2, 0.25) is 11.7 Å². The number of halogens is 1. The zero-order valence-corrected chi connectivity index (χ0v) is 12.9.